The first kappa shape index (κ1) is 14.3. The molecular weight excluding hydrogens is 270 g/mol. The molecule has 2 aromatic rings. The van der Waals surface area contributed by atoms with Gasteiger partial charge in [0.2, 0.25) is 5.91 Å². The number of carbonyl (C=O) groups excluding carboxylic acids is 1. The Hall–Kier alpha value is -2.61. The van der Waals surface area contributed by atoms with Crippen molar-refractivity contribution in [3.05, 3.63) is 95.6 Å². The Morgan fingerprint density at radius 3 is 1.86 bits per heavy atom. The van der Waals surface area contributed by atoms with E-state index in [0.29, 0.717) is 0 Å². The second-order valence-corrected chi connectivity index (χ2v) is 5.51. The summed E-state index contributed by atoms with van der Waals surface area (Å²) < 4.78 is 0. The molecule has 0 unspecified atom stereocenters. The van der Waals surface area contributed by atoms with Crippen molar-refractivity contribution in [2.24, 2.45) is 5.73 Å². The Balaban J connectivity index is 2.31. The highest BCUT2D eigenvalue weighted by Gasteiger charge is 2.43. The minimum Gasteiger partial charge on any atom is -0.368 e. The van der Waals surface area contributed by atoms with E-state index < -0.39 is 5.41 Å². The minimum atomic E-state index is -0.896. The first-order valence-electron chi connectivity index (χ1n) is 7.53. The van der Waals surface area contributed by atoms with Crippen molar-refractivity contribution in [1.82, 2.24) is 0 Å². The van der Waals surface area contributed by atoms with E-state index in [1.165, 1.54) is 0 Å². The van der Waals surface area contributed by atoms with E-state index in [1.54, 1.807) is 0 Å². The standard InChI is InChI=1S/C20H19NO/c21-19(22)20(16-10-4-1-5-11-16,17-12-6-2-7-13-17)18-14-8-3-9-15-18/h1-8,10-14H,9,15H2,(H2,21,22). The molecule has 110 valence electrons. The Morgan fingerprint density at radius 2 is 1.45 bits per heavy atom. The number of allylic oxidation sites excluding steroid dienone is 3. The molecule has 0 aliphatic heterocycles. The summed E-state index contributed by atoms with van der Waals surface area (Å²) in [5.74, 6) is -0.327. The summed E-state index contributed by atoms with van der Waals surface area (Å²) in [5, 5.41) is 0. The van der Waals surface area contributed by atoms with Gasteiger partial charge in [0.15, 0.2) is 0 Å². The number of benzene rings is 2. The number of primary amides is 1. The van der Waals surface area contributed by atoms with Crippen molar-refractivity contribution < 1.29 is 4.79 Å². The Kier molecular flexibility index (Phi) is 3.92. The van der Waals surface area contributed by atoms with Crippen molar-refractivity contribution >= 4 is 5.91 Å². The van der Waals surface area contributed by atoms with Crippen LogP contribution in [0.5, 0.6) is 0 Å². The maximum Gasteiger partial charge on any atom is 0.236 e. The van der Waals surface area contributed by atoms with Crippen LogP contribution in [-0.4, -0.2) is 5.91 Å². The van der Waals surface area contributed by atoms with Gasteiger partial charge in [-0.3, -0.25) is 4.79 Å². The molecule has 0 saturated carbocycles. The van der Waals surface area contributed by atoms with Gasteiger partial charge in [0, 0.05) is 0 Å². The SMILES string of the molecule is NC(=O)C(C1=CC=CCC1)(c1ccccc1)c1ccccc1. The molecule has 1 aliphatic carbocycles. The number of hydrogen-bond donors (Lipinski definition) is 1. The van der Waals surface area contributed by atoms with Crippen molar-refractivity contribution in [3.8, 4) is 0 Å². The molecule has 0 heterocycles. The normalized spacial score (nSPS) is 14.5. The van der Waals surface area contributed by atoms with Crippen LogP contribution in [0.1, 0.15) is 24.0 Å². The van der Waals surface area contributed by atoms with E-state index in [2.05, 4.69) is 6.08 Å². The van der Waals surface area contributed by atoms with E-state index >= 15 is 0 Å². The number of carbonyl (C=O) groups is 1. The average molecular weight is 289 g/mol. The first-order valence-corrected chi connectivity index (χ1v) is 7.53. The van der Waals surface area contributed by atoms with Gasteiger partial charge in [-0.1, -0.05) is 78.9 Å². The lowest BCUT2D eigenvalue weighted by atomic mass is 9.66. The molecule has 2 nitrogen and oxygen atoms in total. The van der Waals surface area contributed by atoms with Crippen molar-refractivity contribution in [2.75, 3.05) is 0 Å². The van der Waals surface area contributed by atoms with Gasteiger partial charge in [-0.15, -0.1) is 0 Å². The monoisotopic (exact) mass is 289 g/mol. The highest BCUT2D eigenvalue weighted by molar-refractivity contribution is 5.95. The maximum absolute atomic E-state index is 12.7. The molecule has 0 bridgehead atoms. The molecule has 0 spiro atoms. The highest BCUT2D eigenvalue weighted by Crippen LogP contribution is 2.42. The summed E-state index contributed by atoms with van der Waals surface area (Å²) in [6.07, 6.45) is 7.94. The van der Waals surface area contributed by atoms with E-state index in [-0.39, 0.29) is 5.91 Å². The van der Waals surface area contributed by atoms with Crippen LogP contribution in [0.3, 0.4) is 0 Å². The van der Waals surface area contributed by atoms with Crippen LogP contribution in [0.4, 0.5) is 0 Å². The zero-order chi connectivity index (χ0) is 15.4. The van der Waals surface area contributed by atoms with Crippen LogP contribution in [0.2, 0.25) is 0 Å². The van der Waals surface area contributed by atoms with E-state index in [4.69, 9.17) is 5.73 Å². The van der Waals surface area contributed by atoms with Crippen LogP contribution < -0.4 is 5.73 Å². The second-order valence-electron chi connectivity index (χ2n) is 5.51. The molecule has 2 heteroatoms. The molecule has 1 amide bonds. The summed E-state index contributed by atoms with van der Waals surface area (Å²) in [7, 11) is 0. The predicted octanol–water partition coefficient (Wildman–Crippen LogP) is 3.73. The highest BCUT2D eigenvalue weighted by atomic mass is 16.1. The summed E-state index contributed by atoms with van der Waals surface area (Å²) in [5.41, 5.74) is 7.97. The fourth-order valence-corrected chi connectivity index (χ4v) is 3.27. The second kappa shape index (κ2) is 6.02. The minimum absolute atomic E-state index is 0.327. The van der Waals surface area contributed by atoms with E-state index in [0.717, 1.165) is 29.5 Å². The van der Waals surface area contributed by atoms with Gasteiger partial charge in [-0.05, 0) is 29.5 Å². The first-order chi connectivity index (χ1) is 10.8. The molecule has 0 radical (unpaired) electrons. The summed E-state index contributed by atoms with van der Waals surface area (Å²) in [4.78, 5) is 12.7. The lowest BCUT2D eigenvalue weighted by Crippen LogP contribution is -2.44. The smallest absolute Gasteiger partial charge is 0.236 e. The van der Waals surface area contributed by atoms with Gasteiger partial charge in [0.1, 0.15) is 5.41 Å². The maximum atomic E-state index is 12.7. The number of amides is 1. The van der Waals surface area contributed by atoms with Gasteiger partial charge >= 0.3 is 0 Å². The van der Waals surface area contributed by atoms with Crippen molar-refractivity contribution in [2.45, 2.75) is 18.3 Å². The van der Waals surface area contributed by atoms with Crippen molar-refractivity contribution in [3.63, 3.8) is 0 Å². The van der Waals surface area contributed by atoms with Crippen LogP contribution in [-0.2, 0) is 10.2 Å². The fourth-order valence-electron chi connectivity index (χ4n) is 3.27. The third kappa shape index (κ3) is 2.27. The number of nitrogens with two attached hydrogens (primary N) is 1. The van der Waals surface area contributed by atoms with Gasteiger partial charge in [0.05, 0.1) is 0 Å². The molecule has 3 rings (SSSR count). The Bertz CT molecular complexity index is 674. The van der Waals surface area contributed by atoms with Crippen LogP contribution in [0, 0.1) is 0 Å². The number of rotatable bonds is 4. The molecule has 2 N–H and O–H groups in total. The molecule has 2 aromatic carbocycles. The largest absolute Gasteiger partial charge is 0.368 e. The Labute approximate surface area is 131 Å². The van der Waals surface area contributed by atoms with Crippen LogP contribution in [0.25, 0.3) is 0 Å². The summed E-state index contributed by atoms with van der Waals surface area (Å²) in [6, 6.07) is 19.7. The van der Waals surface area contributed by atoms with E-state index in [1.807, 2.05) is 72.8 Å². The Morgan fingerprint density at radius 1 is 0.909 bits per heavy atom. The molecular formula is C20H19NO. The quantitative estimate of drug-likeness (QED) is 0.915. The fraction of sp³-hybridized carbons (Fsp3) is 0.150. The van der Waals surface area contributed by atoms with E-state index in [9.17, 15) is 4.79 Å². The molecule has 0 aromatic heterocycles. The molecule has 1 aliphatic rings. The van der Waals surface area contributed by atoms with Crippen LogP contribution in [0.15, 0.2) is 84.5 Å². The van der Waals surface area contributed by atoms with Gasteiger partial charge < -0.3 is 5.73 Å². The topological polar surface area (TPSA) is 43.1 Å². The zero-order valence-electron chi connectivity index (χ0n) is 12.4. The number of hydrogen-bond acceptors (Lipinski definition) is 1. The third-order valence-electron chi connectivity index (χ3n) is 4.28. The lowest BCUT2D eigenvalue weighted by molar-refractivity contribution is -0.121. The van der Waals surface area contributed by atoms with Crippen LogP contribution >= 0.6 is 0 Å². The molecule has 0 fully saturated rings. The van der Waals surface area contributed by atoms with Gasteiger partial charge in [0.25, 0.3) is 0 Å². The zero-order valence-corrected chi connectivity index (χ0v) is 12.4. The summed E-state index contributed by atoms with van der Waals surface area (Å²) in [6.45, 7) is 0. The van der Waals surface area contributed by atoms with Crippen molar-refractivity contribution in [1.29, 1.82) is 0 Å². The third-order valence-corrected chi connectivity index (χ3v) is 4.28. The molecule has 22 heavy (non-hydrogen) atoms. The van der Waals surface area contributed by atoms with Gasteiger partial charge in [-0.2, -0.15) is 0 Å². The lowest BCUT2D eigenvalue weighted by Gasteiger charge is -2.35. The average Bonchev–Trinajstić information content (AvgIpc) is 2.58. The molecule has 0 saturated heterocycles. The molecule has 0 atom stereocenters. The van der Waals surface area contributed by atoms with Gasteiger partial charge in [-0.25, -0.2) is 0 Å². The predicted molar refractivity (Wildman–Crippen MR) is 89.3 cm³/mol. The summed E-state index contributed by atoms with van der Waals surface area (Å²) >= 11 is 0.